The van der Waals surface area contributed by atoms with E-state index in [-0.39, 0.29) is 0 Å². The van der Waals surface area contributed by atoms with Crippen molar-refractivity contribution in [3.63, 3.8) is 0 Å². The summed E-state index contributed by atoms with van der Waals surface area (Å²) in [5, 5.41) is 7.78. The van der Waals surface area contributed by atoms with Crippen molar-refractivity contribution in [1.82, 2.24) is 19.6 Å². The topological polar surface area (TPSA) is 52.3 Å². The molecule has 0 aliphatic rings. The lowest BCUT2D eigenvalue weighted by Gasteiger charge is -2.05. The van der Waals surface area contributed by atoms with Crippen LogP contribution in [0, 0.1) is 0 Å². The molecule has 0 aliphatic carbocycles. The summed E-state index contributed by atoms with van der Waals surface area (Å²) in [5.74, 6) is 0.769. The van der Waals surface area contributed by atoms with Crippen molar-refractivity contribution in [2.75, 3.05) is 7.11 Å². The second kappa shape index (κ2) is 2.91. The smallest absolute Gasteiger partial charge is 0.179 e. The Balaban J connectivity index is 2.58. The first-order chi connectivity index (χ1) is 7.40. The molecule has 0 radical (unpaired) electrons. The van der Waals surface area contributed by atoms with Crippen LogP contribution in [-0.2, 0) is 0 Å². The Morgan fingerprint density at radius 3 is 3.13 bits per heavy atom. The largest absolute Gasteiger partial charge is 0.494 e. The molecule has 3 aromatic rings. The third-order valence-corrected chi connectivity index (χ3v) is 2.33. The van der Waals surface area contributed by atoms with Gasteiger partial charge in [-0.2, -0.15) is 0 Å². The number of fused-ring (bicyclic) bond motifs is 3. The van der Waals surface area contributed by atoms with Crippen molar-refractivity contribution in [1.29, 1.82) is 0 Å². The molecule has 1 aromatic carbocycles. The molecule has 0 spiro atoms. The zero-order valence-corrected chi connectivity index (χ0v) is 8.08. The van der Waals surface area contributed by atoms with Crippen LogP contribution in [0.1, 0.15) is 0 Å². The first-order valence-electron chi connectivity index (χ1n) is 4.51. The van der Waals surface area contributed by atoms with Crippen molar-refractivity contribution in [2.45, 2.75) is 0 Å². The Hall–Kier alpha value is -2.17. The van der Waals surface area contributed by atoms with E-state index >= 15 is 0 Å². The molecule has 0 N–H and O–H groups in total. The molecule has 3 rings (SSSR count). The van der Waals surface area contributed by atoms with E-state index in [9.17, 15) is 0 Å². The Morgan fingerprint density at radius 2 is 2.27 bits per heavy atom. The van der Waals surface area contributed by atoms with Gasteiger partial charge in [0, 0.05) is 0 Å². The molecule has 0 aliphatic heterocycles. The Morgan fingerprint density at radius 1 is 1.33 bits per heavy atom. The predicted octanol–water partition coefficient (Wildman–Crippen LogP) is 1.29. The van der Waals surface area contributed by atoms with Gasteiger partial charge in [0.15, 0.2) is 5.65 Å². The Bertz CT molecular complexity index is 631. The molecule has 5 heteroatoms. The number of nitrogens with zero attached hydrogens (tertiary/aromatic N) is 4. The van der Waals surface area contributed by atoms with E-state index in [0.29, 0.717) is 5.65 Å². The maximum absolute atomic E-state index is 5.29. The first-order valence-corrected chi connectivity index (χ1v) is 4.51. The SMILES string of the molecule is COc1cccc2ncc3nncn3c12. The van der Waals surface area contributed by atoms with Gasteiger partial charge in [-0.05, 0) is 12.1 Å². The molecule has 74 valence electrons. The van der Waals surface area contributed by atoms with Crippen LogP contribution < -0.4 is 4.74 Å². The number of methoxy groups -OCH3 is 1. The minimum atomic E-state index is 0.715. The zero-order valence-electron chi connectivity index (χ0n) is 8.08. The number of ether oxygens (including phenoxy) is 1. The van der Waals surface area contributed by atoms with E-state index in [4.69, 9.17) is 4.74 Å². The maximum Gasteiger partial charge on any atom is 0.179 e. The molecule has 15 heavy (non-hydrogen) atoms. The maximum atomic E-state index is 5.29. The molecule has 2 aromatic heterocycles. The fraction of sp³-hybridized carbons (Fsp3) is 0.100. The van der Waals surface area contributed by atoms with Gasteiger partial charge in [-0.1, -0.05) is 6.07 Å². The standard InChI is InChI=1S/C10H8N4O/c1-15-8-4-2-3-7-10(8)14-6-12-13-9(14)5-11-7/h2-6H,1H3. The lowest BCUT2D eigenvalue weighted by molar-refractivity contribution is 0.418. The van der Waals surface area contributed by atoms with E-state index < -0.39 is 0 Å². The second-order valence-electron chi connectivity index (χ2n) is 3.15. The first kappa shape index (κ1) is 8.16. The fourth-order valence-electron chi connectivity index (χ4n) is 1.65. The molecule has 0 fully saturated rings. The highest BCUT2D eigenvalue weighted by Crippen LogP contribution is 2.23. The van der Waals surface area contributed by atoms with Crippen LogP contribution in [0.25, 0.3) is 16.7 Å². The molecule has 0 amide bonds. The number of rotatable bonds is 1. The van der Waals surface area contributed by atoms with E-state index in [0.717, 1.165) is 16.8 Å². The molecule has 0 saturated carbocycles. The molecule has 0 atom stereocenters. The van der Waals surface area contributed by atoms with Crippen LogP contribution in [0.3, 0.4) is 0 Å². The van der Waals surface area contributed by atoms with Gasteiger partial charge in [0.2, 0.25) is 0 Å². The van der Waals surface area contributed by atoms with Gasteiger partial charge in [0.05, 0.1) is 18.8 Å². The van der Waals surface area contributed by atoms with Gasteiger partial charge in [0.25, 0.3) is 0 Å². The van der Waals surface area contributed by atoms with Crippen LogP contribution >= 0.6 is 0 Å². The lowest BCUT2D eigenvalue weighted by Crippen LogP contribution is -1.93. The van der Waals surface area contributed by atoms with Gasteiger partial charge >= 0.3 is 0 Å². The Kier molecular flexibility index (Phi) is 1.58. The minimum absolute atomic E-state index is 0.715. The van der Waals surface area contributed by atoms with Crippen LogP contribution in [-0.4, -0.2) is 26.7 Å². The summed E-state index contributed by atoms with van der Waals surface area (Å²) in [5.41, 5.74) is 2.47. The summed E-state index contributed by atoms with van der Waals surface area (Å²) < 4.78 is 7.15. The average molecular weight is 200 g/mol. The lowest BCUT2D eigenvalue weighted by atomic mass is 10.3. The summed E-state index contributed by atoms with van der Waals surface area (Å²) in [7, 11) is 1.64. The molecule has 2 heterocycles. The number of benzene rings is 1. The van der Waals surface area contributed by atoms with Crippen LogP contribution in [0.4, 0.5) is 0 Å². The molecule has 0 unspecified atom stereocenters. The quantitative estimate of drug-likeness (QED) is 0.593. The van der Waals surface area contributed by atoms with Crippen molar-refractivity contribution in [2.24, 2.45) is 0 Å². The van der Waals surface area contributed by atoms with Crippen molar-refractivity contribution >= 4 is 16.7 Å². The van der Waals surface area contributed by atoms with Gasteiger partial charge in [-0.25, -0.2) is 0 Å². The fourth-order valence-corrected chi connectivity index (χ4v) is 1.65. The van der Waals surface area contributed by atoms with E-state index in [1.807, 2.05) is 22.6 Å². The van der Waals surface area contributed by atoms with Gasteiger partial charge in [0.1, 0.15) is 17.6 Å². The zero-order chi connectivity index (χ0) is 10.3. The summed E-state index contributed by atoms with van der Waals surface area (Å²) in [6.45, 7) is 0. The summed E-state index contributed by atoms with van der Waals surface area (Å²) in [4.78, 5) is 4.29. The van der Waals surface area contributed by atoms with Crippen molar-refractivity contribution < 1.29 is 4.74 Å². The molecular weight excluding hydrogens is 192 g/mol. The van der Waals surface area contributed by atoms with Crippen LogP contribution in [0.15, 0.2) is 30.7 Å². The highest BCUT2D eigenvalue weighted by Gasteiger charge is 2.07. The summed E-state index contributed by atoms with van der Waals surface area (Å²) in [6, 6.07) is 5.73. The normalized spacial score (nSPS) is 11.0. The van der Waals surface area contributed by atoms with Crippen LogP contribution in [0.5, 0.6) is 5.75 Å². The number of hydrogen-bond donors (Lipinski definition) is 0. The summed E-state index contributed by atoms with van der Waals surface area (Å²) in [6.07, 6.45) is 3.34. The van der Waals surface area contributed by atoms with Crippen molar-refractivity contribution in [3.05, 3.63) is 30.7 Å². The van der Waals surface area contributed by atoms with E-state index in [1.165, 1.54) is 0 Å². The Labute approximate surface area is 85.3 Å². The number of aromatic nitrogens is 4. The molecule has 5 nitrogen and oxygen atoms in total. The average Bonchev–Trinajstić information content (AvgIpc) is 2.76. The third kappa shape index (κ3) is 1.06. The highest BCUT2D eigenvalue weighted by atomic mass is 16.5. The monoisotopic (exact) mass is 200 g/mol. The third-order valence-electron chi connectivity index (χ3n) is 2.33. The summed E-state index contributed by atoms with van der Waals surface area (Å²) >= 11 is 0. The minimum Gasteiger partial charge on any atom is -0.494 e. The van der Waals surface area contributed by atoms with Gasteiger partial charge in [-0.15, -0.1) is 10.2 Å². The number of para-hydroxylation sites is 1. The van der Waals surface area contributed by atoms with Gasteiger partial charge < -0.3 is 4.74 Å². The van der Waals surface area contributed by atoms with E-state index in [2.05, 4.69) is 15.2 Å². The second-order valence-corrected chi connectivity index (χ2v) is 3.15. The number of hydrogen-bond acceptors (Lipinski definition) is 4. The molecular formula is C10H8N4O. The molecule has 0 saturated heterocycles. The molecule has 0 bridgehead atoms. The predicted molar refractivity (Wildman–Crippen MR) is 54.8 cm³/mol. The highest BCUT2D eigenvalue weighted by molar-refractivity contribution is 5.83. The van der Waals surface area contributed by atoms with Crippen molar-refractivity contribution in [3.8, 4) is 5.75 Å². The van der Waals surface area contributed by atoms with Crippen LogP contribution in [0.2, 0.25) is 0 Å². The van der Waals surface area contributed by atoms with Gasteiger partial charge in [-0.3, -0.25) is 9.38 Å². The van der Waals surface area contributed by atoms with E-state index in [1.54, 1.807) is 19.6 Å².